The first kappa shape index (κ1) is 15.9. The van der Waals surface area contributed by atoms with E-state index in [-0.39, 0.29) is 0 Å². The molecule has 9 heteroatoms. The molecule has 1 aromatic heterocycles. The SMILES string of the molecule is [B]c1c(Br)c([B])c2c(sc3c([B])c([B])c(Br)c([B])c32)c1[B]. The third-order valence-electron chi connectivity index (χ3n) is 3.46. The van der Waals surface area contributed by atoms with E-state index in [0.29, 0.717) is 41.7 Å². The molecule has 2 aromatic carbocycles. The van der Waals surface area contributed by atoms with Crippen molar-refractivity contribution in [3.8, 4) is 0 Å². The van der Waals surface area contributed by atoms with Crippen LogP contribution in [0.3, 0.4) is 0 Å². The van der Waals surface area contributed by atoms with Crippen LogP contribution in [0.1, 0.15) is 0 Å². The molecule has 12 radical (unpaired) electrons. The van der Waals surface area contributed by atoms with Gasteiger partial charge in [-0.05, 0) is 10.8 Å². The lowest BCUT2D eigenvalue weighted by Crippen LogP contribution is -2.34. The highest BCUT2D eigenvalue weighted by atomic mass is 79.9. The van der Waals surface area contributed by atoms with Crippen LogP contribution in [0, 0.1) is 0 Å². The van der Waals surface area contributed by atoms with Crippen LogP contribution in [0.15, 0.2) is 8.95 Å². The number of thiophene rings is 1. The molecule has 0 N–H and O–H groups in total. The van der Waals surface area contributed by atoms with Crippen LogP contribution >= 0.6 is 43.2 Å². The first-order chi connectivity index (χ1) is 9.77. The number of rotatable bonds is 0. The molecule has 0 atom stereocenters. The van der Waals surface area contributed by atoms with Gasteiger partial charge in [0.05, 0.1) is 0 Å². The van der Waals surface area contributed by atoms with Crippen molar-refractivity contribution < 1.29 is 0 Å². The van der Waals surface area contributed by atoms with E-state index in [1.165, 1.54) is 11.3 Å². The Morgan fingerprint density at radius 3 is 1.19 bits per heavy atom. The van der Waals surface area contributed by atoms with Gasteiger partial charge >= 0.3 is 0 Å². The average molecular weight is 401 g/mol. The smallest absolute Gasteiger partial charge is 0.116 e. The van der Waals surface area contributed by atoms with E-state index in [9.17, 15) is 0 Å². The summed E-state index contributed by atoms with van der Waals surface area (Å²) in [5, 5.41) is 1.47. The average Bonchev–Trinajstić information content (AvgIpc) is 2.87. The van der Waals surface area contributed by atoms with Gasteiger partial charge in [-0.1, -0.05) is 64.6 Å². The molecule has 0 spiro atoms. The first-order valence-electron chi connectivity index (χ1n) is 5.77. The van der Waals surface area contributed by atoms with Crippen molar-refractivity contribution in [2.24, 2.45) is 0 Å². The highest BCUT2D eigenvalue weighted by Crippen LogP contribution is 2.30. The van der Waals surface area contributed by atoms with Gasteiger partial charge in [0.1, 0.15) is 47.1 Å². The normalized spacial score (nSPS) is 11.5. The van der Waals surface area contributed by atoms with E-state index in [1.807, 2.05) is 0 Å². The van der Waals surface area contributed by atoms with Gasteiger partial charge < -0.3 is 0 Å². The molecule has 3 aromatic rings. The lowest BCUT2D eigenvalue weighted by Gasteiger charge is -2.14. The number of hydrogen-bond acceptors (Lipinski definition) is 1. The van der Waals surface area contributed by atoms with Crippen LogP contribution in [0.4, 0.5) is 0 Å². The van der Waals surface area contributed by atoms with Crippen LogP contribution in [0.25, 0.3) is 20.2 Å². The maximum Gasteiger partial charge on any atom is 0.116 e. The zero-order valence-corrected chi connectivity index (χ0v) is 14.6. The Morgan fingerprint density at radius 1 is 0.524 bits per heavy atom. The van der Waals surface area contributed by atoms with Crippen LogP contribution in [-0.2, 0) is 0 Å². The van der Waals surface area contributed by atoms with E-state index in [4.69, 9.17) is 47.1 Å². The van der Waals surface area contributed by atoms with Crippen molar-refractivity contribution in [3.05, 3.63) is 8.95 Å². The predicted molar refractivity (Wildman–Crippen MR) is 107 cm³/mol. The highest BCUT2D eigenvalue weighted by molar-refractivity contribution is 9.11. The van der Waals surface area contributed by atoms with Crippen molar-refractivity contribution in [2.45, 2.75) is 0 Å². The molecule has 0 aliphatic heterocycles. The minimum absolute atomic E-state index is 0.399. The van der Waals surface area contributed by atoms with E-state index in [1.54, 1.807) is 0 Å². The summed E-state index contributed by atoms with van der Waals surface area (Å²) in [7, 11) is 36.5. The second-order valence-corrected chi connectivity index (χ2v) is 7.23. The summed E-state index contributed by atoms with van der Waals surface area (Å²) in [5.41, 5.74) is 2.64. The van der Waals surface area contributed by atoms with Crippen LogP contribution in [0.2, 0.25) is 0 Å². The van der Waals surface area contributed by atoms with Gasteiger partial charge in [-0.15, -0.1) is 11.3 Å². The molecule has 0 nitrogen and oxygen atoms in total. The van der Waals surface area contributed by atoms with Gasteiger partial charge in [-0.2, -0.15) is 0 Å². The summed E-state index contributed by atoms with van der Waals surface area (Å²) in [6.45, 7) is 0. The second kappa shape index (κ2) is 5.28. The molecule has 0 aliphatic rings. The molecule has 86 valence electrons. The van der Waals surface area contributed by atoms with Crippen molar-refractivity contribution >= 4 is 143 Å². The highest BCUT2D eigenvalue weighted by Gasteiger charge is 2.18. The predicted octanol–water partition coefficient (Wildman–Crippen LogP) is -1.66. The Hall–Kier alpha value is 0.00961. The molecule has 0 fully saturated rings. The Kier molecular flexibility index (Phi) is 3.99. The Morgan fingerprint density at radius 2 is 0.857 bits per heavy atom. The summed E-state index contributed by atoms with van der Waals surface area (Å²) in [6, 6.07) is 0. The van der Waals surface area contributed by atoms with Crippen LogP contribution in [-0.4, -0.2) is 47.1 Å². The summed E-state index contributed by atoms with van der Waals surface area (Å²) in [4.78, 5) is 0. The number of halogens is 2. The Bertz CT molecular complexity index is 859. The monoisotopic (exact) mass is 400 g/mol. The van der Waals surface area contributed by atoms with E-state index >= 15 is 0 Å². The molecule has 0 aliphatic carbocycles. The maximum atomic E-state index is 6.19. The quantitative estimate of drug-likeness (QED) is 0.396. The van der Waals surface area contributed by atoms with E-state index < -0.39 is 0 Å². The van der Waals surface area contributed by atoms with Crippen molar-refractivity contribution in [1.29, 1.82) is 0 Å². The molecule has 0 saturated carbocycles. The van der Waals surface area contributed by atoms with Crippen molar-refractivity contribution in [2.75, 3.05) is 0 Å². The fourth-order valence-electron chi connectivity index (χ4n) is 2.32. The lowest BCUT2D eigenvalue weighted by atomic mass is 9.72. The standard InChI is InChI=1S/C12B6Br2S/c13-3-1-2-4(14)10(20)6(16)8(18)12(2)21-11(1)7(17)5(15)9(3)19. The van der Waals surface area contributed by atoms with Gasteiger partial charge in [0.2, 0.25) is 0 Å². The third-order valence-corrected chi connectivity index (χ3v) is 6.43. The molecule has 3 rings (SSSR count). The maximum absolute atomic E-state index is 6.19. The summed E-state index contributed by atoms with van der Waals surface area (Å²) >= 11 is 8.10. The molecule has 0 amide bonds. The molecular weight excluding hydrogens is 401 g/mol. The van der Waals surface area contributed by atoms with Crippen LogP contribution < -0.4 is 32.8 Å². The largest absolute Gasteiger partial charge is 0.137 e. The lowest BCUT2D eigenvalue weighted by molar-refractivity contribution is 1.96. The molecule has 0 bridgehead atoms. The minimum Gasteiger partial charge on any atom is -0.137 e. The van der Waals surface area contributed by atoms with Crippen LogP contribution in [0.5, 0.6) is 0 Å². The fraction of sp³-hybridized carbons (Fsp3) is 0. The topological polar surface area (TPSA) is 0 Å². The van der Waals surface area contributed by atoms with Gasteiger partial charge in [-0.3, -0.25) is 0 Å². The third kappa shape index (κ3) is 2.07. The molecular formula is C12B6Br2S. The Balaban J connectivity index is 2.73. The molecule has 0 saturated heterocycles. The minimum atomic E-state index is 0.399. The summed E-state index contributed by atoms with van der Waals surface area (Å²) in [5.74, 6) is 0. The van der Waals surface area contributed by atoms with Crippen molar-refractivity contribution in [3.63, 3.8) is 0 Å². The second-order valence-electron chi connectivity index (χ2n) is 4.62. The summed E-state index contributed by atoms with van der Waals surface area (Å²) in [6.07, 6.45) is 0. The Labute approximate surface area is 151 Å². The molecule has 21 heavy (non-hydrogen) atoms. The first-order valence-corrected chi connectivity index (χ1v) is 8.17. The molecule has 0 unspecified atom stereocenters. The zero-order valence-electron chi connectivity index (χ0n) is 10.6. The van der Waals surface area contributed by atoms with E-state index in [0.717, 1.165) is 20.2 Å². The summed E-state index contributed by atoms with van der Waals surface area (Å²) < 4.78 is 2.61. The number of benzene rings is 2. The van der Waals surface area contributed by atoms with Gasteiger partial charge in [0, 0.05) is 18.3 Å². The zero-order chi connectivity index (χ0) is 15.6. The van der Waals surface area contributed by atoms with E-state index in [2.05, 4.69) is 31.9 Å². The number of fused-ring (bicyclic) bond motifs is 3. The fourth-order valence-corrected chi connectivity index (χ4v) is 4.41. The molecule has 1 heterocycles. The van der Waals surface area contributed by atoms with Gasteiger partial charge in [0.15, 0.2) is 0 Å². The number of hydrogen-bond donors (Lipinski definition) is 0. The van der Waals surface area contributed by atoms with Crippen molar-refractivity contribution in [1.82, 2.24) is 0 Å². The van der Waals surface area contributed by atoms with Gasteiger partial charge in [-0.25, -0.2) is 0 Å². The van der Waals surface area contributed by atoms with Gasteiger partial charge in [0.25, 0.3) is 0 Å².